The fourth-order valence-corrected chi connectivity index (χ4v) is 5.81. The highest BCUT2D eigenvalue weighted by atomic mass is 79.9. The number of carbonyl (C=O) groups excluding carboxylic acids is 2. The predicted octanol–water partition coefficient (Wildman–Crippen LogP) is 2.54. The van der Waals surface area contributed by atoms with Crippen molar-refractivity contribution < 1.29 is 22.7 Å². The predicted molar refractivity (Wildman–Crippen MR) is 104 cm³/mol. The third-order valence-electron chi connectivity index (χ3n) is 4.81. The fraction of sp³-hybridized carbons (Fsp3) is 0.444. The molecule has 3 rings (SSSR count). The van der Waals surface area contributed by atoms with Crippen molar-refractivity contribution >= 4 is 37.8 Å². The number of esters is 1. The standard InChI is InChI=1S/C18H21BrN2O5S/c1-3-26-17(22)15-11(2)21(12-8-9-27(24,25)10-12)18(23)20-16(15)13-6-4-5-7-14(13)19/h4-7,12,16H,3,8-10H2,1-2H3,(H,20,23)/t12-,16-/m0/s1. The second-order valence-electron chi connectivity index (χ2n) is 6.55. The Bertz CT molecular complexity index is 912. The van der Waals surface area contributed by atoms with Gasteiger partial charge >= 0.3 is 12.0 Å². The molecule has 0 spiro atoms. The molecule has 146 valence electrons. The van der Waals surface area contributed by atoms with Gasteiger partial charge in [-0.1, -0.05) is 34.1 Å². The lowest BCUT2D eigenvalue weighted by Gasteiger charge is -2.38. The molecule has 0 radical (unpaired) electrons. The third kappa shape index (κ3) is 3.89. The Kier molecular flexibility index (Phi) is 5.62. The summed E-state index contributed by atoms with van der Waals surface area (Å²) in [5.41, 5.74) is 1.47. The normalized spacial score (nSPS) is 24.7. The maximum atomic E-state index is 12.8. The lowest BCUT2D eigenvalue weighted by atomic mass is 9.94. The van der Waals surface area contributed by atoms with Gasteiger partial charge in [0, 0.05) is 10.2 Å². The summed E-state index contributed by atoms with van der Waals surface area (Å²) in [6.45, 7) is 3.58. The van der Waals surface area contributed by atoms with E-state index in [1.54, 1.807) is 13.8 Å². The number of ether oxygens (including phenoxy) is 1. The number of sulfone groups is 1. The van der Waals surface area contributed by atoms with Crippen LogP contribution in [0.15, 0.2) is 40.0 Å². The molecule has 1 aromatic rings. The number of hydrogen-bond donors (Lipinski definition) is 1. The van der Waals surface area contributed by atoms with E-state index in [1.807, 2.05) is 24.3 Å². The topological polar surface area (TPSA) is 92.8 Å². The van der Waals surface area contributed by atoms with Crippen LogP contribution in [-0.2, 0) is 19.4 Å². The fourth-order valence-electron chi connectivity index (χ4n) is 3.59. The van der Waals surface area contributed by atoms with E-state index in [-0.39, 0.29) is 18.1 Å². The highest BCUT2D eigenvalue weighted by Crippen LogP contribution is 2.36. The highest BCUT2D eigenvalue weighted by molar-refractivity contribution is 9.10. The quantitative estimate of drug-likeness (QED) is 0.702. The van der Waals surface area contributed by atoms with E-state index in [4.69, 9.17) is 4.74 Å². The average molecular weight is 457 g/mol. The maximum absolute atomic E-state index is 12.8. The largest absolute Gasteiger partial charge is 0.463 e. The Hall–Kier alpha value is -1.87. The molecule has 9 heteroatoms. The van der Waals surface area contributed by atoms with E-state index >= 15 is 0 Å². The van der Waals surface area contributed by atoms with E-state index < -0.39 is 33.9 Å². The lowest BCUT2D eigenvalue weighted by Crippen LogP contribution is -2.52. The molecule has 1 N–H and O–H groups in total. The number of urea groups is 1. The molecule has 2 aliphatic rings. The molecule has 1 saturated heterocycles. The number of hydrogen-bond acceptors (Lipinski definition) is 5. The summed E-state index contributed by atoms with van der Waals surface area (Å²) in [6.07, 6.45) is 0.350. The summed E-state index contributed by atoms with van der Waals surface area (Å²) in [6, 6.07) is 5.73. The minimum Gasteiger partial charge on any atom is -0.463 e. The van der Waals surface area contributed by atoms with Crippen molar-refractivity contribution in [3.63, 3.8) is 0 Å². The Morgan fingerprint density at radius 3 is 2.67 bits per heavy atom. The van der Waals surface area contributed by atoms with Crippen molar-refractivity contribution in [1.29, 1.82) is 0 Å². The molecule has 0 aliphatic carbocycles. The molecule has 0 bridgehead atoms. The van der Waals surface area contributed by atoms with E-state index in [2.05, 4.69) is 21.2 Å². The zero-order valence-electron chi connectivity index (χ0n) is 15.1. The van der Waals surface area contributed by atoms with Crippen LogP contribution in [0.2, 0.25) is 0 Å². The van der Waals surface area contributed by atoms with Gasteiger partial charge in [-0.2, -0.15) is 0 Å². The molecular formula is C18H21BrN2O5S. The SMILES string of the molecule is CCOC(=O)C1=C(C)N([C@H]2CCS(=O)(=O)C2)C(=O)N[C@H]1c1ccccc1Br. The Morgan fingerprint density at radius 2 is 2.07 bits per heavy atom. The first-order valence-electron chi connectivity index (χ1n) is 8.67. The first-order chi connectivity index (χ1) is 12.7. The maximum Gasteiger partial charge on any atom is 0.338 e. The van der Waals surface area contributed by atoms with Gasteiger partial charge in [0.25, 0.3) is 0 Å². The van der Waals surface area contributed by atoms with Crippen molar-refractivity contribution in [3.05, 3.63) is 45.6 Å². The minimum atomic E-state index is -3.18. The van der Waals surface area contributed by atoms with Crippen molar-refractivity contribution in [2.75, 3.05) is 18.1 Å². The molecular weight excluding hydrogens is 436 g/mol. The zero-order valence-corrected chi connectivity index (χ0v) is 17.5. The number of amides is 2. The van der Waals surface area contributed by atoms with Crippen molar-refractivity contribution in [2.24, 2.45) is 0 Å². The Labute approximate surface area is 166 Å². The van der Waals surface area contributed by atoms with E-state index in [0.29, 0.717) is 17.7 Å². The number of rotatable bonds is 4. The highest BCUT2D eigenvalue weighted by Gasteiger charge is 2.42. The van der Waals surface area contributed by atoms with Crippen LogP contribution in [-0.4, -0.2) is 49.5 Å². The van der Waals surface area contributed by atoms with Crippen LogP contribution in [0.5, 0.6) is 0 Å². The minimum absolute atomic E-state index is 0.0388. The molecule has 1 aromatic carbocycles. The Morgan fingerprint density at radius 1 is 1.37 bits per heavy atom. The van der Waals surface area contributed by atoms with Crippen molar-refractivity contribution in [2.45, 2.75) is 32.4 Å². The van der Waals surface area contributed by atoms with Crippen molar-refractivity contribution in [3.8, 4) is 0 Å². The number of nitrogens with one attached hydrogen (secondary N) is 1. The van der Waals surface area contributed by atoms with Gasteiger partial charge in [0.2, 0.25) is 0 Å². The number of halogens is 1. The van der Waals surface area contributed by atoms with Crippen LogP contribution >= 0.6 is 15.9 Å². The van der Waals surface area contributed by atoms with Gasteiger partial charge in [0.05, 0.1) is 35.8 Å². The first kappa shape index (κ1) is 19.9. The van der Waals surface area contributed by atoms with E-state index in [0.717, 1.165) is 10.0 Å². The van der Waals surface area contributed by atoms with Gasteiger partial charge in [-0.15, -0.1) is 0 Å². The number of benzene rings is 1. The van der Waals surface area contributed by atoms with Gasteiger partial charge in [0.1, 0.15) is 0 Å². The molecule has 1 fully saturated rings. The second-order valence-corrected chi connectivity index (χ2v) is 9.63. The number of carbonyl (C=O) groups is 2. The van der Waals surface area contributed by atoms with Gasteiger partial charge in [0.15, 0.2) is 9.84 Å². The Balaban J connectivity index is 2.08. The molecule has 2 heterocycles. The summed E-state index contributed by atoms with van der Waals surface area (Å²) in [5, 5.41) is 2.85. The molecule has 7 nitrogen and oxygen atoms in total. The molecule has 0 unspecified atom stereocenters. The van der Waals surface area contributed by atoms with Gasteiger partial charge < -0.3 is 10.1 Å². The zero-order chi connectivity index (χ0) is 19.8. The number of allylic oxidation sites excluding steroid dienone is 1. The molecule has 2 atom stereocenters. The van der Waals surface area contributed by atoms with Gasteiger partial charge in [-0.05, 0) is 31.9 Å². The summed E-state index contributed by atoms with van der Waals surface area (Å²) in [7, 11) is -3.18. The lowest BCUT2D eigenvalue weighted by molar-refractivity contribution is -0.139. The van der Waals surface area contributed by atoms with E-state index in [1.165, 1.54) is 4.90 Å². The smallest absolute Gasteiger partial charge is 0.338 e. The van der Waals surface area contributed by atoms with Gasteiger partial charge in [-0.25, -0.2) is 18.0 Å². The first-order valence-corrected chi connectivity index (χ1v) is 11.3. The van der Waals surface area contributed by atoms with Crippen LogP contribution in [0.4, 0.5) is 4.79 Å². The monoisotopic (exact) mass is 456 g/mol. The summed E-state index contributed by atoms with van der Waals surface area (Å²) in [4.78, 5) is 26.9. The molecule has 0 saturated carbocycles. The van der Waals surface area contributed by atoms with Crippen LogP contribution in [0.3, 0.4) is 0 Å². The average Bonchev–Trinajstić information content (AvgIpc) is 2.94. The summed E-state index contributed by atoms with van der Waals surface area (Å²) < 4.78 is 29.7. The summed E-state index contributed by atoms with van der Waals surface area (Å²) >= 11 is 3.46. The van der Waals surface area contributed by atoms with Crippen LogP contribution in [0.25, 0.3) is 0 Å². The molecule has 2 amide bonds. The van der Waals surface area contributed by atoms with Crippen LogP contribution in [0.1, 0.15) is 31.9 Å². The van der Waals surface area contributed by atoms with Crippen molar-refractivity contribution in [1.82, 2.24) is 10.2 Å². The van der Waals surface area contributed by atoms with E-state index in [9.17, 15) is 18.0 Å². The second kappa shape index (κ2) is 7.63. The van der Waals surface area contributed by atoms with Crippen LogP contribution < -0.4 is 5.32 Å². The molecule has 27 heavy (non-hydrogen) atoms. The molecule has 2 aliphatic heterocycles. The molecule has 0 aromatic heterocycles. The van der Waals surface area contributed by atoms with Crippen LogP contribution in [0, 0.1) is 0 Å². The third-order valence-corrected chi connectivity index (χ3v) is 7.28. The van der Waals surface area contributed by atoms with Gasteiger partial charge in [-0.3, -0.25) is 4.90 Å². The number of nitrogens with zero attached hydrogens (tertiary/aromatic N) is 1. The summed E-state index contributed by atoms with van der Waals surface area (Å²) in [5.74, 6) is -0.591.